The maximum atomic E-state index is 7.00. The SMILES string of the molecule is CCCCCCCCCCn1c2ccccc2c2ccccc21.O[B]O. The molecule has 0 saturated carbocycles. The zero-order chi connectivity index (χ0) is 18.6. The van der Waals surface area contributed by atoms with Crippen LogP contribution in [-0.2, 0) is 6.54 Å². The van der Waals surface area contributed by atoms with Crippen LogP contribution in [-0.4, -0.2) is 22.3 Å². The molecule has 2 aromatic carbocycles. The van der Waals surface area contributed by atoms with Crippen molar-refractivity contribution in [3.63, 3.8) is 0 Å². The summed E-state index contributed by atoms with van der Waals surface area (Å²) in [5.41, 5.74) is 2.77. The molecular formula is C22H31BNO2. The molecule has 0 aliphatic carbocycles. The topological polar surface area (TPSA) is 45.4 Å². The summed E-state index contributed by atoms with van der Waals surface area (Å²) < 4.78 is 2.52. The van der Waals surface area contributed by atoms with Crippen LogP contribution in [0.5, 0.6) is 0 Å². The van der Waals surface area contributed by atoms with Crippen LogP contribution in [0.15, 0.2) is 48.5 Å². The molecule has 3 nitrogen and oxygen atoms in total. The minimum Gasteiger partial charge on any atom is -0.429 e. The molecule has 0 spiro atoms. The molecule has 3 rings (SSSR count). The van der Waals surface area contributed by atoms with Gasteiger partial charge in [-0.15, -0.1) is 0 Å². The highest BCUT2D eigenvalue weighted by Gasteiger charge is 2.08. The summed E-state index contributed by atoms with van der Waals surface area (Å²) in [4.78, 5) is 0. The average Bonchev–Trinajstić information content (AvgIpc) is 2.99. The van der Waals surface area contributed by atoms with Gasteiger partial charge in [-0.2, -0.15) is 0 Å². The number of hydrogen-bond donors (Lipinski definition) is 2. The van der Waals surface area contributed by atoms with Crippen molar-refractivity contribution in [2.75, 3.05) is 0 Å². The van der Waals surface area contributed by atoms with E-state index in [-0.39, 0.29) is 7.69 Å². The highest BCUT2D eigenvalue weighted by molar-refractivity contribution is 6.13. The van der Waals surface area contributed by atoms with Crippen LogP contribution in [0.25, 0.3) is 21.8 Å². The second-order valence-electron chi connectivity index (χ2n) is 6.78. The Morgan fingerprint density at radius 2 is 1.12 bits per heavy atom. The third kappa shape index (κ3) is 5.62. The minimum atomic E-state index is 0. The van der Waals surface area contributed by atoms with Gasteiger partial charge in [0, 0.05) is 28.4 Å². The van der Waals surface area contributed by atoms with E-state index in [0.29, 0.717) is 0 Å². The summed E-state index contributed by atoms with van der Waals surface area (Å²) in [5, 5.41) is 16.8. The van der Waals surface area contributed by atoms with E-state index < -0.39 is 0 Å². The third-order valence-corrected chi connectivity index (χ3v) is 4.92. The molecule has 1 radical (unpaired) electrons. The summed E-state index contributed by atoms with van der Waals surface area (Å²) in [7, 11) is 0. The smallest absolute Gasteiger partial charge is 0.429 e. The summed E-state index contributed by atoms with van der Waals surface area (Å²) in [6.07, 6.45) is 11.0. The quantitative estimate of drug-likeness (QED) is 0.398. The van der Waals surface area contributed by atoms with Crippen molar-refractivity contribution < 1.29 is 10.0 Å². The predicted octanol–water partition coefficient (Wildman–Crippen LogP) is 5.44. The first-order valence-electron chi connectivity index (χ1n) is 9.89. The highest BCUT2D eigenvalue weighted by atomic mass is 16.4. The van der Waals surface area contributed by atoms with E-state index in [1.165, 1.54) is 73.2 Å². The molecule has 0 saturated heterocycles. The van der Waals surface area contributed by atoms with Gasteiger partial charge in [0.05, 0.1) is 0 Å². The normalized spacial score (nSPS) is 10.7. The standard InChI is InChI=1S/C22H29N.BH2O2/c1-2-3-4-5-6-7-8-13-18-23-21-16-11-9-14-19(21)20-15-10-12-17-22(20)23;2-1-3/h9-12,14-17H,2-8,13,18H2,1H3;2-3H. The monoisotopic (exact) mass is 352 g/mol. The molecule has 1 heterocycles. The maximum absolute atomic E-state index is 7.00. The summed E-state index contributed by atoms with van der Waals surface area (Å²) >= 11 is 0. The molecule has 0 bridgehead atoms. The number of nitrogens with zero attached hydrogens (tertiary/aromatic N) is 1. The van der Waals surface area contributed by atoms with Gasteiger partial charge in [-0.1, -0.05) is 88.3 Å². The van der Waals surface area contributed by atoms with Crippen LogP contribution < -0.4 is 0 Å². The minimum absolute atomic E-state index is 0. The molecule has 139 valence electrons. The molecule has 0 aliphatic heterocycles. The molecule has 3 aromatic rings. The molecule has 4 heteroatoms. The van der Waals surface area contributed by atoms with Crippen molar-refractivity contribution in [3.8, 4) is 0 Å². The number of fused-ring (bicyclic) bond motifs is 3. The van der Waals surface area contributed by atoms with Crippen molar-refractivity contribution in [1.82, 2.24) is 4.57 Å². The van der Waals surface area contributed by atoms with Crippen molar-refractivity contribution >= 4 is 29.5 Å². The number of para-hydroxylation sites is 2. The Morgan fingerprint density at radius 3 is 1.62 bits per heavy atom. The van der Waals surface area contributed by atoms with Crippen LogP contribution in [0, 0.1) is 0 Å². The highest BCUT2D eigenvalue weighted by Crippen LogP contribution is 2.29. The van der Waals surface area contributed by atoms with Crippen LogP contribution >= 0.6 is 0 Å². The van der Waals surface area contributed by atoms with E-state index in [0.717, 1.165) is 6.54 Å². The van der Waals surface area contributed by atoms with Crippen LogP contribution in [0.3, 0.4) is 0 Å². The molecule has 0 aliphatic rings. The van der Waals surface area contributed by atoms with Crippen molar-refractivity contribution in [2.24, 2.45) is 0 Å². The second kappa shape index (κ2) is 11.8. The van der Waals surface area contributed by atoms with Gasteiger partial charge in [0.1, 0.15) is 0 Å². The lowest BCUT2D eigenvalue weighted by Gasteiger charge is -2.07. The lowest BCUT2D eigenvalue weighted by Crippen LogP contribution is -1.97. The van der Waals surface area contributed by atoms with Gasteiger partial charge in [0.2, 0.25) is 0 Å². The van der Waals surface area contributed by atoms with Crippen molar-refractivity contribution in [1.29, 1.82) is 0 Å². The molecule has 1 aromatic heterocycles. The third-order valence-electron chi connectivity index (χ3n) is 4.92. The Balaban J connectivity index is 0.000000758. The Labute approximate surface area is 158 Å². The zero-order valence-corrected chi connectivity index (χ0v) is 15.9. The Kier molecular flexibility index (Phi) is 9.29. The molecule has 0 fully saturated rings. The Bertz CT molecular complexity index is 716. The van der Waals surface area contributed by atoms with Gasteiger partial charge in [0.25, 0.3) is 0 Å². The van der Waals surface area contributed by atoms with E-state index in [4.69, 9.17) is 10.0 Å². The van der Waals surface area contributed by atoms with E-state index in [1.54, 1.807) is 0 Å². The Morgan fingerprint density at radius 1 is 0.692 bits per heavy atom. The van der Waals surface area contributed by atoms with Crippen LogP contribution in [0.2, 0.25) is 0 Å². The van der Waals surface area contributed by atoms with Gasteiger partial charge in [-0.05, 0) is 18.6 Å². The number of aryl methyl sites for hydroxylation is 1. The molecular weight excluding hydrogens is 321 g/mol. The largest absolute Gasteiger partial charge is 0.482 e. The first-order valence-corrected chi connectivity index (χ1v) is 9.89. The van der Waals surface area contributed by atoms with Crippen LogP contribution in [0.1, 0.15) is 58.3 Å². The van der Waals surface area contributed by atoms with Crippen molar-refractivity contribution in [3.05, 3.63) is 48.5 Å². The number of unbranched alkanes of at least 4 members (excludes halogenated alkanes) is 7. The average molecular weight is 352 g/mol. The van der Waals surface area contributed by atoms with E-state index in [9.17, 15) is 0 Å². The summed E-state index contributed by atoms with van der Waals surface area (Å²) in [6.45, 7) is 3.43. The number of benzene rings is 2. The molecule has 0 amide bonds. The number of rotatable bonds is 9. The number of hydrogen-bond acceptors (Lipinski definition) is 2. The Hall–Kier alpha value is -1.78. The fourth-order valence-corrected chi connectivity index (χ4v) is 3.65. The lowest BCUT2D eigenvalue weighted by atomic mass is 10.1. The first-order chi connectivity index (χ1) is 12.8. The molecule has 26 heavy (non-hydrogen) atoms. The fraction of sp³-hybridized carbons (Fsp3) is 0.455. The molecule has 2 N–H and O–H groups in total. The van der Waals surface area contributed by atoms with Crippen molar-refractivity contribution in [2.45, 2.75) is 64.8 Å². The van der Waals surface area contributed by atoms with Gasteiger partial charge in [-0.3, -0.25) is 0 Å². The van der Waals surface area contributed by atoms with Gasteiger partial charge in [-0.25, -0.2) is 0 Å². The predicted molar refractivity (Wildman–Crippen MR) is 112 cm³/mol. The second-order valence-corrected chi connectivity index (χ2v) is 6.78. The zero-order valence-electron chi connectivity index (χ0n) is 15.9. The van der Waals surface area contributed by atoms with E-state index in [2.05, 4.69) is 60.0 Å². The lowest BCUT2D eigenvalue weighted by molar-refractivity contribution is 0.448. The van der Waals surface area contributed by atoms with Crippen LogP contribution in [0.4, 0.5) is 0 Å². The van der Waals surface area contributed by atoms with E-state index >= 15 is 0 Å². The molecule has 0 atom stereocenters. The summed E-state index contributed by atoms with van der Waals surface area (Å²) in [6, 6.07) is 17.6. The summed E-state index contributed by atoms with van der Waals surface area (Å²) in [5.74, 6) is 0. The fourth-order valence-electron chi connectivity index (χ4n) is 3.65. The number of aromatic nitrogens is 1. The maximum Gasteiger partial charge on any atom is 0.482 e. The van der Waals surface area contributed by atoms with Gasteiger partial charge in [0.15, 0.2) is 0 Å². The van der Waals surface area contributed by atoms with Gasteiger partial charge < -0.3 is 14.6 Å². The first kappa shape index (κ1) is 20.5. The molecule has 0 unspecified atom stereocenters. The van der Waals surface area contributed by atoms with Gasteiger partial charge >= 0.3 is 7.69 Å². The van der Waals surface area contributed by atoms with E-state index in [1.807, 2.05) is 0 Å².